The zero-order chi connectivity index (χ0) is 20.0. The zero-order valence-electron chi connectivity index (χ0n) is 17.5. The van der Waals surface area contributed by atoms with Gasteiger partial charge in [0.25, 0.3) is 0 Å². The van der Waals surface area contributed by atoms with Gasteiger partial charge in [-0.05, 0) is 47.3 Å². The predicted octanol–water partition coefficient (Wildman–Crippen LogP) is 6.49. The molecule has 0 spiro atoms. The molecule has 0 N–H and O–H groups in total. The Labute approximate surface area is 167 Å². The van der Waals surface area contributed by atoms with Gasteiger partial charge in [-0.25, -0.2) is 8.42 Å². The summed E-state index contributed by atoms with van der Waals surface area (Å²) in [6, 6.07) is 6.24. The van der Waals surface area contributed by atoms with E-state index in [2.05, 4.69) is 53.7 Å². The van der Waals surface area contributed by atoms with Crippen molar-refractivity contribution < 1.29 is 8.42 Å². The average molecular weight is 398 g/mol. The van der Waals surface area contributed by atoms with Crippen LogP contribution in [0.2, 0.25) is 0 Å². The molecule has 0 aliphatic heterocycles. The van der Waals surface area contributed by atoms with Crippen LogP contribution in [0.5, 0.6) is 0 Å². The van der Waals surface area contributed by atoms with Crippen LogP contribution in [-0.4, -0.2) is 19.9 Å². The second-order valence-electron chi connectivity index (χ2n) is 9.41. The number of benzene rings is 1. The number of unbranched alkanes of at least 4 members (excludes halogenated alkanes) is 3. The lowest BCUT2D eigenvalue weighted by atomic mass is 9.72. The summed E-state index contributed by atoms with van der Waals surface area (Å²) in [4.78, 5) is 0.797. The number of aryl methyl sites for hydroxylation is 1. The fourth-order valence-electron chi connectivity index (χ4n) is 3.73. The molecular formula is C22H37O2S2. The lowest BCUT2D eigenvalue weighted by Crippen LogP contribution is -2.25. The van der Waals surface area contributed by atoms with Gasteiger partial charge in [-0.2, -0.15) is 0 Å². The zero-order valence-corrected chi connectivity index (χ0v) is 19.2. The molecule has 0 amide bonds. The molecule has 0 fully saturated rings. The molecule has 1 aromatic rings. The molecule has 1 rings (SSSR count). The topological polar surface area (TPSA) is 34.1 Å². The molecule has 0 saturated heterocycles. The third kappa shape index (κ3) is 8.39. The molecule has 149 valence electrons. The van der Waals surface area contributed by atoms with Gasteiger partial charge >= 0.3 is 0 Å². The van der Waals surface area contributed by atoms with E-state index >= 15 is 0 Å². The van der Waals surface area contributed by atoms with E-state index in [1.165, 1.54) is 5.56 Å². The van der Waals surface area contributed by atoms with Gasteiger partial charge in [-0.15, -0.1) is 0 Å². The lowest BCUT2D eigenvalue weighted by Gasteiger charge is -2.33. The number of hydrogen-bond acceptors (Lipinski definition) is 2. The van der Waals surface area contributed by atoms with Crippen molar-refractivity contribution in [2.75, 3.05) is 11.5 Å². The summed E-state index contributed by atoms with van der Waals surface area (Å²) in [5.74, 6) is 0.504. The van der Waals surface area contributed by atoms with Gasteiger partial charge in [0.2, 0.25) is 0 Å². The summed E-state index contributed by atoms with van der Waals surface area (Å²) in [7, 11) is -2.99. The lowest BCUT2D eigenvalue weighted by molar-refractivity contribution is 0.284. The summed E-state index contributed by atoms with van der Waals surface area (Å²) in [6.07, 6.45) is 5.60. The number of hydrogen-bond donors (Lipinski definition) is 0. The van der Waals surface area contributed by atoms with Gasteiger partial charge in [0, 0.05) is 4.90 Å². The van der Waals surface area contributed by atoms with Crippen molar-refractivity contribution in [3.05, 3.63) is 29.3 Å². The molecule has 4 heteroatoms. The molecule has 0 aliphatic rings. The average Bonchev–Trinajstić information content (AvgIpc) is 2.48. The van der Waals surface area contributed by atoms with Crippen LogP contribution in [0.4, 0.5) is 0 Å². The van der Waals surface area contributed by atoms with Gasteiger partial charge < -0.3 is 0 Å². The highest BCUT2D eigenvalue weighted by Crippen LogP contribution is 2.37. The highest BCUT2D eigenvalue weighted by Gasteiger charge is 2.27. The van der Waals surface area contributed by atoms with Crippen LogP contribution >= 0.6 is 12.6 Å². The summed E-state index contributed by atoms with van der Waals surface area (Å²) < 4.78 is 24.5. The van der Waals surface area contributed by atoms with Crippen molar-refractivity contribution in [2.24, 2.45) is 5.41 Å². The summed E-state index contributed by atoms with van der Waals surface area (Å²) in [5.41, 5.74) is 2.52. The molecule has 0 unspecified atom stereocenters. The minimum absolute atomic E-state index is 0.0513. The van der Waals surface area contributed by atoms with E-state index in [9.17, 15) is 8.42 Å². The van der Waals surface area contributed by atoms with E-state index in [0.29, 0.717) is 12.2 Å². The Morgan fingerprint density at radius 2 is 1.62 bits per heavy atom. The summed E-state index contributed by atoms with van der Waals surface area (Å²) >= 11 is 5.57. The first-order valence-corrected chi connectivity index (χ1v) is 12.1. The Kier molecular flexibility index (Phi) is 8.60. The maximum Gasteiger partial charge on any atom is 0.150 e. The highest BCUT2D eigenvalue weighted by molar-refractivity contribution is 7.91. The van der Waals surface area contributed by atoms with E-state index in [0.717, 1.165) is 42.6 Å². The van der Waals surface area contributed by atoms with Crippen molar-refractivity contribution in [2.45, 2.75) is 90.4 Å². The van der Waals surface area contributed by atoms with Gasteiger partial charge in [-0.1, -0.05) is 85.6 Å². The molecule has 1 radical (unpaired) electrons. The summed E-state index contributed by atoms with van der Waals surface area (Å²) in [5, 5.41) is 0. The van der Waals surface area contributed by atoms with Crippen molar-refractivity contribution in [1.82, 2.24) is 0 Å². The van der Waals surface area contributed by atoms with E-state index in [1.807, 2.05) is 6.07 Å². The molecule has 0 aliphatic carbocycles. The molecule has 0 heterocycles. The Hall–Kier alpha value is -0.610. The van der Waals surface area contributed by atoms with Crippen LogP contribution in [0.25, 0.3) is 0 Å². The first kappa shape index (κ1) is 23.4. The number of rotatable bonds is 10. The van der Waals surface area contributed by atoms with Gasteiger partial charge in [0.05, 0.1) is 11.5 Å². The first-order valence-electron chi connectivity index (χ1n) is 9.87. The summed E-state index contributed by atoms with van der Waals surface area (Å²) in [6.45, 7) is 13.4. The molecular weight excluding hydrogens is 360 g/mol. The monoisotopic (exact) mass is 397 g/mol. The van der Waals surface area contributed by atoms with Crippen LogP contribution in [-0.2, 0) is 21.7 Å². The normalized spacial score (nSPS) is 13.2. The Morgan fingerprint density at radius 3 is 2.15 bits per heavy atom. The molecule has 1 aromatic carbocycles. The van der Waals surface area contributed by atoms with E-state index in [-0.39, 0.29) is 16.6 Å². The van der Waals surface area contributed by atoms with Crippen LogP contribution in [0, 0.1) is 5.41 Å². The molecule has 0 aromatic heterocycles. The third-order valence-electron chi connectivity index (χ3n) is 4.81. The van der Waals surface area contributed by atoms with Crippen LogP contribution < -0.4 is 0 Å². The molecule has 0 atom stereocenters. The second-order valence-corrected chi connectivity index (χ2v) is 12.1. The van der Waals surface area contributed by atoms with Gasteiger partial charge in [0.1, 0.15) is 0 Å². The molecule has 2 nitrogen and oxygen atoms in total. The maximum atomic E-state index is 12.2. The van der Waals surface area contributed by atoms with Crippen LogP contribution in [0.1, 0.15) is 84.8 Å². The minimum Gasteiger partial charge on any atom is -0.229 e. The first-order chi connectivity index (χ1) is 11.9. The van der Waals surface area contributed by atoms with Gasteiger partial charge in [0.15, 0.2) is 9.84 Å². The maximum absolute atomic E-state index is 12.2. The van der Waals surface area contributed by atoms with Crippen molar-refractivity contribution in [3.63, 3.8) is 0 Å². The van der Waals surface area contributed by atoms with E-state index in [1.54, 1.807) is 0 Å². The van der Waals surface area contributed by atoms with Crippen molar-refractivity contribution in [1.29, 1.82) is 0 Å². The van der Waals surface area contributed by atoms with Crippen LogP contribution in [0.15, 0.2) is 23.1 Å². The van der Waals surface area contributed by atoms with Crippen LogP contribution in [0.3, 0.4) is 0 Å². The predicted molar refractivity (Wildman–Crippen MR) is 116 cm³/mol. The largest absolute Gasteiger partial charge is 0.229 e. The SMILES string of the molecule is CCCCCCS(=O)(=O)CCc1ccc(C(C)(C)CC(C)(C)C)cc1[S]. The highest BCUT2D eigenvalue weighted by atomic mass is 32.2. The van der Waals surface area contributed by atoms with Crippen molar-refractivity contribution >= 4 is 22.5 Å². The second kappa shape index (κ2) is 9.54. The van der Waals surface area contributed by atoms with E-state index < -0.39 is 9.84 Å². The Morgan fingerprint density at radius 1 is 0.962 bits per heavy atom. The quantitative estimate of drug-likeness (QED) is 0.423. The fraction of sp³-hybridized carbons (Fsp3) is 0.727. The minimum atomic E-state index is -2.99. The number of sulfone groups is 1. The molecule has 0 bridgehead atoms. The third-order valence-corrected chi connectivity index (χ3v) is 6.93. The smallest absolute Gasteiger partial charge is 0.150 e. The Bertz CT molecular complexity index is 668. The molecule has 26 heavy (non-hydrogen) atoms. The molecule has 0 saturated carbocycles. The van der Waals surface area contributed by atoms with Gasteiger partial charge in [-0.3, -0.25) is 0 Å². The standard InChI is InChI=1S/C22H37O2S2/c1-7-8-9-10-14-26(23,24)15-13-18-11-12-19(16-20(18)25)22(5,6)17-21(2,3)4/h11-12,16H,7-10,13-15,17H2,1-6H3. The fourth-order valence-corrected chi connectivity index (χ4v) is 5.40. The van der Waals surface area contributed by atoms with Crippen molar-refractivity contribution in [3.8, 4) is 0 Å². The Balaban J connectivity index is 2.73. The van der Waals surface area contributed by atoms with E-state index in [4.69, 9.17) is 12.6 Å².